The number of hydrogen-bond donors (Lipinski definition) is 3. The van der Waals surface area contributed by atoms with Crippen molar-refractivity contribution >= 4 is 11.9 Å². The Kier molecular flexibility index (Phi) is 4.00. The number of carbonyl (C=O) groups excluding carboxylic acids is 1. The molecule has 1 amide bonds. The minimum Gasteiger partial charge on any atom is -0.388 e. The van der Waals surface area contributed by atoms with Gasteiger partial charge in [-0.15, -0.1) is 0 Å². The number of aliphatic hydroxyl groups is 2. The zero-order chi connectivity index (χ0) is 16.7. The van der Waals surface area contributed by atoms with Gasteiger partial charge in [0.25, 0.3) is 5.91 Å². The molecular formula is C12H15F3N4O3. The fourth-order valence-electron chi connectivity index (χ4n) is 2.15. The molecule has 0 bridgehead atoms. The second-order valence-corrected chi connectivity index (χ2v) is 5.36. The highest BCUT2D eigenvalue weighted by molar-refractivity contribution is 5.95. The number of anilines is 1. The maximum atomic E-state index is 12.9. The van der Waals surface area contributed by atoms with Crippen LogP contribution in [-0.2, 0) is 6.18 Å². The first-order valence-electron chi connectivity index (χ1n) is 6.42. The van der Waals surface area contributed by atoms with Gasteiger partial charge in [-0.05, 0) is 13.3 Å². The van der Waals surface area contributed by atoms with Crippen LogP contribution in [0.3, 0.4) is 0 Å². The fraction of sp³-hybridized carbons (Fsp3) is 0.583. The van der Waals surface area contributed by atoms with E-state index in [2.05, 4.69) is 9.97 Å². The summed E-state index contributed by atoms with van der Waals surface area (Å²) in [6.45, 7) is 1.12. The molecule has 0 saturated carbocycles. The molecule has 2 heterocycles. The number of rotatable bonds is 1. The van der Waals surface area contributed by atoms with E-state index >= 15 is 0 Å². The summed E-state index contributed by atoms with van der Waals surface area (Å²) in [4.78, 5) is 19.8. The largest absolute Gasteiger partial charge is 0.434 e. The molecule has 1 aliphatic heterocycles. The van der Waals surface area contributed by atoms with E-state index in [-0.39, 0.29) is 19.5 Å². The van der Waals surface area contributed by atoms with Gasteiger partial charge in [0.05, 0.1) is 17.3 Å². The first-order chi connectivity index (χ1) is 10.0. The SMILES string of the molecule is C[C@@]1(O)CCN(C(=O)c2cnc(N)nc2C(F)(F)F)C[C@H]1O. The Labute approximate surface area is 123 Å². The molecule has 1 aromatic heterocycles. The van der Waals surface area contributed by atoms with Gasteiger partial charge in [-0.25, -0.2) is 9.97 Å². The van der Waals surface area contributed by atoms with Crippen molar-refractivity contribution in [3.05, 3.63) is 17.5 Å². The van der Waals surface area contributed by atoms with Gasteiger partial charge in [-0.2, -0.15) is 13.2 Å². The van der Waals surface area contributed by atoms with Crippen molar-refractivity contribution in [2.24, 2.45) is 0 Å². The maximum Gasteiger partial charge on any atom is 0.434 e. The first kappa shape index (κ1) is 16.4. The average molecular weight is 320 g/mol. The molecule has 4 N–H and O–H groups in total. The van der Waals surface area contributed by atoms with Crippen molar-refractivity contribution in [1.82, 2.24) is 14.9 Å². The van der Waals surface area contributed by atoms with Crippen LogP contribution in [0.1, 0.15) is 29.4 Å². The molecule has 1 aromatic rings. The van der Waals surface area contributed by atoms with Crippen molar-refractivity contribution in [2.45, 2.75) is 31.2 Å². The Morgan fingerprint density at radius 3 is 2.73 bits per heavy atom. The number of likely N-dealkylation sites (tertiary alicyclic amines) is 1. The van der Waals surface area contributed by atoms with Gasteiger partial charge in [0.2, 0.25) is 5.95 Å². The third-order valence-electron chi connectivity index (χ3n) is 3.59. The van der Waals surface area contributed by atoms with Crippen LogP contribution in [0.15, 0.2) is 6.20 Å². The molecule has 2 atom stereocenters. The van der Waals surface area contributed by atoms with E-state index in [1.165, 1.54) is 6.92 Å². The van der Waals surface area contributed by atoms with E-state index in [9.17, 15) is 28.2 Å². The lowest BCUT2D eigenvalue weighted by atomic mass is 9.90. The number of alkyl halides is 3. The Bertz CT molecular complexity index is 591. The molecule has 1 aliphatic rings. The minimum atomic E-state index is -4.86. The molecule has 1 fully saturated rings. The summed E-state index contributed by atoms with van der Waals surface area (Å²) in [6.07, 6.45) is -5.36. The van der Waals surface area contributed by atoms with Crippen molar-refractivity contribution in [3.8, 4) is 0 Å². The van der Waals surface area contributed by atoms with Crippen LogP contribution in [0.25, 0.3) is 0 Å². The lowest BCUT2D eigenvalue weighted by molar-refractivity contribution is -0.141. The zero-order valence-electron chi connectivity index (χ0n) is 11.6. The molecule has 122 valence electrons. The van der Waals surface area contributed by atoms with Crippen LogP contribution >= 0.6 is 0 Å². The van der Waals surface area contributed by atoms with E-state index in [1.54, 1.807) is 0 Å². The van der Waals surface area contributed by atoms with Crippen LogP contribution in [0.5, 0.6) is 0 Å². The lowest BCUT2D eigenvalue weighted by Gasteiger charge is -2.40. The smallest absolute Gasteiger partial charge is 0.388 e. The normalized spacial score (nSPS) is 26.1. The Hall–Kier alpha value is -1.94. The van der Waals surface area contributed by atoms with E-state index in [4.69, 9.17) is 5.73 Å². The van der Waals surface area contributed by atoms with Gasteiger partial charge >= 0.3 is 6.18 Å². The molecule has 0 spiro atoms. The second-order valence-electron chi connectivity index (χ2n) is 5.36. The van der Waals surface area contributed by atoms with Crippen LogP contribution in [0, 0.1) is 0 Å². The number of nitrogens with two attached hydrogens (primary N) is 1. The van der Waals surface area contributed by atoms with Gasteiger partial charge in [0, 0.05) is 19.3 Å². The Morgan fingerprint density at radius 2 is 2.18 bits per heavy atom. The average Bonchev–Trinajstić information content (AvgIpc) is 2.40. The van der Waals surface area contributed by atoms with E-state index < -0.39 is 41.0 Å². The topological polar surface area (TPSA) is 113 Å². The predicted octanol–water partition coefficient (Wildman–Crippen LogP) is 0.0354. The number of carbonyl (C=O) groups is 1. The molecule has 22 heavy (non-hydrogen) atoms. The van der Waals surface area contributed by atoms with Gasteiger partial charge < -0.3 is 20.8 Å². The van der Waals surface area contributed by atoms with Crippen molar-refractivity contribution in [3.63, 3.8) is 0 Å². The standard InChI is InChI=1S/C12H15F3N4O3/c1-11(22)2-3-19(5-7(11)20)9(21)6-4-17-10(16)18-8(6)12(13,14)15/h4,7,20,22H,2-3,5H2,1H3,(H2,16,17,18)/t7-,11-/m1/s1. The molecule has 0 unspecified atom stereocenters. The second kappa shape index (κ2) is 5.36. The van der Waals surface area contributed by atoms with Gasteiger partial charge in [0.1, 0.15) is 0 Å². The van der Waals surface area contributed by atoms with Crippen molar-refractivity contribution in [1.29, 1.82) is 0 Å². The van der Waals surface area contributed by atoms with E-state index in [0.717, 1.165) is 4.90 Å². The molecular weight excluding hydrogens is 305 g/mol. The molecule has 0 aromatic carbocycles. The number of halogens is 3. The summed E-state index contributed by atoms with van der Waals surface area (Å²) < 4.78 is 38.8. The number of nitrogens with zero attached hydrogens (tertiary/aromatic N) is 3. The van der Waals surface area contributed by atoms with Crippen LogP contribution in [0.4, 0.5) is 19.1 Å². The number of nitrogen functional groups attached to an aromatic ring is 1. The Morgan fingerprint density at radius 1 is 1.55 bits per heavy atom. The number of amides is 1. The third kappa shape index (κ3) is 3.12. The summed E-state index contributed by atoms with van der Waals surface area (Å²) in [5, 5.41) is 19.6. The highest BCUT2D eigenvalue weighted by Gasteiger charge is 2.42. The fourth-order valence-corrected chi connectivity index (χ4v) is 2.15. The summed E-state index contributed by atoms with van der Waals surface area (Å²) in [7, 11) is 0. The lowest BCUT2D eigenvalue weighted by Crippen LogP contribution is -2.55. The highest BCUT2D eigenvalue weighted by atomic mass is 19.4. The number of hydrogen-bond acceptors (Lipinski definition) is 6. The number of β-amino-alcohol motifs (C(OH)–C–C–N with tert-alkyl or cyclic N) is 1. The molecule has 1 saturated heterocycles. The van der Waals surface area contributed by atoms with E-state index in [0.29, 0.717) is 6.20 Å². The first-order valence-corrected chi connectivity index (χ1v) is 6.42. The monoisotopic (exact) mass is 320 g/mol. The van der Waals surface area contributed by atoms with Gasteiger partial charge in [0.15, 0.2) is 5.69 Å². The van der Waals surface area contributed by atoms with Crippen LogP contribution < -0.4 is 5.73 Å². The third-order valence-corrected chi connectivity index (χ3v) is 3.59. The predicted molar refractivity (Wildman–Crippen MR) is 68.6 cm³/mol. The van der Waals surface area contributed by atoms with Gasteiger partial charge in [-0.3, -0.25) is 4.79 Å². The quantitative estimate of drug-likeness (QED) is 0.673. The molecule has 2 rings (SSSR count). The summed E-state index contributed by atoms with van der Waals surface area (Å²) >= 11 is 0. The molecule has 0 radical (unpaired) electrons. The van der Waals surface area contributed by atoms with E-state index in [1.807, 2.05) is 0 Å². The van der Waals surface area contributed by atoms with Gasteiger partial charge in [-0.1, -0.05) is 0 Å². The van der Waals surface area contributed by atoms with Crippen LogP contribution in [-0.4, -0.2) is 55.8 Å². The number of piperidine rings is 1. The maximum absolute atomic E-state index is 12.9. The molecule has 10 heteroatoms. The molecule has 7 nitrogen and oxygen atoms in total. The summed E-state index contributed by atoms with van der Waals surface area (Å²) in [5.74, 6) is -1.56. The summed E-state index contributed by atoms with van der Waals surface area (Å²) in [6, 6.07) is 0. The Balaban J connectivity index is 2.31. The number of aromatic nitrogens is 2. The zero-order valence-corrected chi connectivity index (χ0v) is 11.6. The van der Waals surface area contributed by atoms with Crippen molar-refractivity contribution in [2.75, 3.05) is 18.8 Å². The molecule has 0 aliphatic carbocycles. The van der Waals surface area contributed by atoms with Crippen molar-refractivity contribution < 1.29 is 28.2 Å². The number of aliphatic hydroxyl groups excluding tert-OH is 1. The van der Waals surface area contributed by atoms with Crippen LogP contribution in [0.2, 0.25) is 0 Å². The highest BCUT2D eigenvalue weighted by Crippen LogP contribution is 2.32. The summed E-state index contributed by atoms with van der Waals surface area (Å²) in [5.41, 5.74) is 1.59. The minimum absolute atomic E-state index is 0.00453.